The molecule has 0 saturated heterocycles. The van der Waals surface area contributed by atoms with E-state index in [2.05, 4.69) is 35.4 Å². The van der Waals surface area contributed by atoms with Gasteiger partial charge in [0.2, 0.25) is 0 Å². The Morgan fingerprint density at radius 3 is 2.85 bits per heavy atom. The quantitative estimate of drug-likeness (QED) is 0.889. The SMILES string of the molecule is CC(Cc1nc2ccccc2s1)NCC1(O)CCCC1. The normalized spacial score (nSPS) is 19.5. The first-order chi connectivity index (χ1) is 9.65. The first-order valence-electron chi connectivity index (χ1n) is 7.45. The maximum absolute atomic E-state index is 10.3. The molecule has 1 saturated carbocycles. The number of aromatic nitrogens is 1. The Morgan fingerprint density at radius 1 is 1.35 bits per heavy atom. The molecule has 1 fully saturated rings. The summed E-state index contributed by atoms with van der Waals surface area (Å²) in [5.74, 6) is 0. The number of fused-ring (bicyclic) bond motifs is 1. The van der Waals surface area contributed by atoms with Crippen molar-refractivity contribution >= 4 is 21.6 Å². The summed E-state index contributed by atoms with van der Waals surface area (Å²) in [4.78, 5) is 4.67. The van der Waals surface area contributed by atoms with E-state index in [0.29, 0.717) is 12.6 Å². The Kier molecular flexibility index (Phi) is 4.06. The molecule has 3 nitrogen and oxygen atoms in total. The molecule has 0 aliphatic heterocycles. The minimum absolute atomic E-state index is 0.347. The van der Waals surface area contributed by atoms with Crippen molar-refractivity contribution in [2.24, 2.45) is 0 Å². The summed E-state index contributed by atoms with van der Waals surface area (Å²) >= 11 is 1.77. The molecule has 1 aromatic heterocycles. The zero-order valence-electron chi connectivity index (χ0n) is 11.9. The first kappa shape index (κ1) is 14.0. The van der Waals surface area contributed by atoms with Gasteiger partial charge in [-0.15, -0.1) is 11.3 Å². The lowest BCUT2D eigenvalue weighted by molar-refractivity contribution is 0.0454. The Bertz CT molecular complexity index is 542. The van der Waals surface area contributed by atoms with Crippen LogP contribution in [0.3, 0.4) is 0 Å². The second kappa shape index (κ2) is 5.80. The molecular formula is C16H22N2OS. The Morgan fingerprint density at radius 2 is 2.10 bits per heavy atom. The van der Waals surface area contributed by atoms with Gasteiger partial charge in [-0.1, -0.05) is 25.0 Å². The fraction of sp³-hybridized carbons (Fsp3) is 0.562. The van der Waals surface area contributed by atoms with Gasteiger partial charge in [0, 0.05) is 19.0 Å². The van der Waals surface area contributed by atoms with Crippen LogP contribution in [0.25, 0.3) is 10.2 Å². The van der Waals surface area contributed by atoms with E-state index >= 15 is 0 Å². The summed E-state index contributed by atoms with van der Waals surface area (Å²) in [6.07, 6.45) is 5.12. The molecule has 1 unspecified atom stereocenters. The zero-order valence-corrected chi connectivity index (χ0v) is 12.7. The van der Waals surface area contributed by atoms with Crippen LogP contribution in [-0.2, 0) is 6.42 Å². The molecule has 0 bridgehead atoms. The van der Waals surface area contributed by atoms with Crippen molar-refractivity contribution in [3.05, 3.63) is 29.3 Å². The van der Waals surface area contributed by atoms with Crippen molar-refractivity contribution in [2.75, 3.05) is 6.54 Å². The van der Waals surface area contributed by atoms with Crippen LogP contribution in [0, 0.1) is 0 Å². The number of nitrogens with one attached hydrogen (secondary N) is 1. The van der Waals surface area contributed by atoms with Crippen molar-refractivity contribution in [1.29, 1.82) is 0 Å². The Labute approximate surface area is 124 Å². The van der Waals surface area contributed by atoms with Crippen LogP contribution in [0.2, 0.25) is 0 Å². The van der Waals surface area contributed by atoms with Gasteiger partial charge in [0.05, 0.1) is 20.8 Å². The molecule has 3 rings (SSSR count). The lowest BCUT2D eigenvalue weighted by Crippen LogP contribution is -2.42. The van der Waals surface area contributed by atoms with Crippen LogP contribution in [-0.4, -0.2) is 28.3 Å². The summed E-state index contributed by atoms with van der Waals surface area (Å²) in [6.45, 7) is 2.88. The molecule has 1 aromatic carbocycles. The number of hydrogen-bond acceptors (Lipinski definition) is 4. The summed E-state index contributed by atoms with van der Waals surface area (Å²) in [6, 6.07) is 8.62. The van der Waals surface area contributed by atoms with E-state index in [9.17, 15) is 5.11 Å². The number of benzene rings is 1. The van der Waals surface area contributed by atoms with Crippen LogP contribution in [0.15, 0.2) is 24.3 Å². The predicted octanol–water partition coefficient (Wildman–Crippen LogP) is 3.12. The van der Waals surface area contributed by atoms with E-state index in [1.807, 2.05) is 6.07 Å². The largest absolute Gasteiger partial charge is 0.389 e. The molecule has 108 valence electrons. The van der Waals surface area contributed by atoms with Crippen LogP contribution >= 0.6 is 11.3 Å². The molecule has 20 heavy (non-hydrogen) atoms. The second-order valence-electron chi connectivity index (χ2n) is 5.99. The Balaban J connectivity index is 1.56. The van der Waals surface area contributed by atoms with E-state index < -0.39 is 5.60 Å². The third-order valence-corrected chi connectivity index (χ3v) is 5.19. The number of aliphatic hydroxyl groups is 1. The second-order valence-corrected chi connectivity index (χ2v) is 7.11. The fourth-order valence-electron chi connectivity index (χ4n) is 2.92. The highest BCUT2D eigenvalue weighted by molar-refractivity contribution is 7.18. The molecule has 4 heteroatoms. The summed E-state index contributed by atoms with van der Waals surface area (Å²) < 4.78 is 1.25. The molecular weight excluding hydrogens is 268 g/mol. The van der Waals surface area contributed by atoms with Gasteiger partial charge < -0.3 is 10.4 Å². The van der Waals surface area contributed by atoms with E-state index in [1.54, 1.807) is 11.3 Å². The highest BCUT2D eigenvalue weighted by Gasteiger charge is 2.30. The summed E-state index contributed by atoms with van der Waals surface area (Å²) in [5, 5.41) is 15.0. The number of rotatable bonds is 5. The van der Waals surface area contributed by atoms with E-state index in [-0.39, 0.29) is 0 Å². The predicted molar refractivity (Wildman–Crippen MR) is 84.2 cm³/mol. The van der Waals surface area contributed by atoms with Gasteiger partial charge in [-0.3, -0.25) is 0 Å². The molecule has 0 radical (unpaired) electrons. The van der Waals surface area contributed by atoms with Crippen LogP contribution < -0.4 is 5.32 Å². The molecule has 0 spiro atoms. The maximum atomic E-state index is 10.3. The fourth-order valence-corrected chi connectivity index (χ4v) is 4.01. The average Bonchev–Trinajstić information content (AvgIpc) is 3.03. The summed E-state index contributed by atoms with van der Waals surface area (Å²) in [7, 11) is 0. The minimum Gasteiger partial charge on any atom is -0.389 e. The highest BCUT2D eigenvalue weighted by atomic mass is 32.1. The maximum Gasteiger partial charge on any atom is 0.0954 e. The van der Waals surface area contributed by atoms with Crippen molar-refractivity contribution in [2.45, 2.75) is 50.7 Å². The average molecular weight is 290 g/mol. The monoisotopic (exact) mass is 290 g/mol. The molecule has 2 N–H and O–H groups in total. The smallest absolute Gasteiger partial charge is 0.0954 e. The molecule has 1 atom stereocenters. The summed E-state index contributed by atoms with van der Waals surface area (Å²) in [5.41, 5.74) is 0.621. The number of para-hydroxylation sites is 1. The van der Waals surface area contributed by atoms with E-state index in [0.717, 1.165) is 37.6 Å². The van der Waals surface area contributed by atoms with Gasteiger partial charge in [-0.05, 0) is 31.9 Å². The molecule has 2 aromatic rings. The van der Waals surface area contributed by atoms with Gasteiger partial charge in [-0.25, -0.2) is 4.98 Å². The molecule has 1 aliphatic rings. The lowest BCUT2D eigenvalue weighted by Gasteiger charge is -2.24. The number of thiazole rings is 1. The van der Waals surface area contributed by atoms with Crippen LogP contribution in [0.5, 0.6) is 0 Å². The third-order valence-electron chi connectivity index (χ3n) is 4.13. The Hall–Kier alpha value is -0.970. The molecule has 0 amide bonds. The van der Waals surface area contributed by atoms with Gasteiger partial charge >= 0.3 is 0 Å². The van der Waals surface area contributed by atoms with E-state index in [1.165, 1.54) is 9.71 Å². The van der Waals surface area contributed by atoms with Crippen LogP contribution in [0.1, 0.15) is 37.6 Å². The standard InChI is InChI=1S/C16H22N2OS/c1-12(17-11-16(19)8-4-5-9-16)10-15-18-13-6-2-3-7-14(13)20-15/h2-3,6-7,12,17,19H,4-5,8-11H2,1H3. The third kappa shape index (κ3) is 3.19. The van der Waals surface area contributed by atoms with Crippen molar-refractivity contribution in [1.82, 2.24) is 10.3 Å². The molecule has 1 aliphatic carbocycles. The zero-order chi connectivity index (χ0) is 14.0. The number of hydrogen-bond donors (Lipinski definition) is 2. The number of nitrogens with zero attached hydrogens (tertiary/aromatic N) is 1. The van der Waals surface area contributed by atoms with Gasteiger partial charge in [0.1, 0.15) is 0 Å². The van der Waals surface area contributed by atoms with Gasteiger partial charge in [0.15, 0.2) is 0 Å². The van der Waals surface area contributed by atoms with Crippen molar-refractivity contribution < 1.29 is 5.11 Å². The van der Waals surface area contributed by atoms with Crippen LogP contribution in [0.4, 0.5) is 0 Å². The minimum atomic E-state index is -0.470. The van der Waals surface area contributed by atoms with E-state index in [4.69, 9.17) is 0 Å². The van der Waals surface area contributed by atoms with Crippen molar-refractivity contribution in [3.8, 4) is 0 Å². The topological polar surface area (TPSA) is 45.2 Å². The van der Waals surface area contributed by atoms with Gasteiger partial charge in [0.25, 0.3) is 0 Å². The molecule has 1 heterocycles. The first-order valence-corrected chi connectivity index (χ1v) is 8.26. The van der Waals surface area contributed by atoms with Crippen molar-refractivity contribution in [3.63, 3.8) is 0 Å². The highest BCUT2D eigenvalue weighted by Crippen LogP contribution is 2.29. The lowest BCUT2D eigenvalue weighted by atomic mass is 10.0. The van der Waals surface area contributed by atoms with Gasteiger partial charge in [-0.2, -0.15) is 0 Å².